The Kier molecular flexibility index (Phi) is 8.98. The zero-order valence-corrected chi connectivity index (χ0v) is 21.1. The van der Waals surface area contributed by atoms with Gasteiger partial charge in [-0.15, -0.1) is 11.8 Å². The predicted molar refractivity (Wildman–Crippen MR) is 133 cm³/mol. The number of ether oxygens (including phenoxy) is 1. The van der Waals surface area contributed by atoms with Crippen molar-refractivity contribution >= 4 is 45.9 Å². The molecule has 190 valence electrons. The summed E-state index contributed by atoms with van der Waals surface area (Å²) < 4.78 is 85.5. The van der Waals surface area contributed by atoms with Crippen molar-refractivity contribution in [2.45, 2.75) is 17.2 Å². The molecule has 0 fully saturated rings. The van der Waals surface area contributed by atoms with Gasteiger partial charge in [0.25, 0.3) is 0 Å². The van der Waals surface area contributed by atoms with Crippen molar-refractivity contribution in [2.24, 2.45) is 0 Å². The Morgan fingerprint density at radius 2 is 1.44 bits per heavy atom. The second kappa shape index (κ2) is 11.6. The first kappa shape index (κ1) is 27.9. The number of rotatable bonds is 8. The summed E-state index contributed by atoms with van der Waals surface area (Å²) >= 11 is 3.29. The van der Waals surface area contributed by atoms with Gasteiger partial charge in [0, 0.05) is 10.6 Å². The van der Waals surface area contributed by atoms with Crippen LogP contribution in [0.4, 0.5) is 26.3 Å². The summed E-state index contributed by atoms with van der Waals surface area (Å²) in [5.41, 5.74) is -1.31. The van der Waals surface area contributed by atoms with E-state index in [0.29, 0.717) is 9.32 Å². The molecule has 3 aromatic rings. The van der Waals surface area contributed by atoms with E-state index in [-0.39, 0.29) is 22.5 Å². The van der Waals surface area contributed by atoms with Crippen LogP contribution in [0.25, 0.3) is 5.57 Å². The summed E-state index contributed by atoms with van der Waals surface area (Å²) in [4.78, 5) is 11.4. The number of carboxylic acid groups (broad SMARTS) is 1. The number of aliphatic carboxylic acids is 1. The number of hydrogen-bond acceptors (Lipinski definition) is 3. The van der Waals surface area contributed by atoms with Crippen LogP contribution in [0.15, 0.2) is 77.7 Å². The van der Waals surface area contributed by atoms with Crippen LogP contribution in [-0.2, 0) is 17.1 Å². The van der Waals surface area contributed by atoms with E-state index in [0.717, 1.165) is 29.2 Å². The fourth-order valence-corrected chi connectivity index (χ4v) is 4.87. The van der Waals surface area contributed by atoms with Crippen LogP contribution in [0.5, 0.6) is 5.75 Å². The second-order valence-electron chi connectivity index (χ2n) is 7.36. The van der Waals surface area contributed by atoms with E-state index in [9.17, 15) is 31.1 Å². The van der Waals surface area contributed by atoms with E-state index in [1.54, 1.807) is 24.3 Å². The number of hydrogen-bond donors (Lipinski definition) is 1. The van der Waals surface area contributed by atoms with Crippen LogP contribution >= 0.6 is 34.4 Å². The lowest BCUT2D eigenvalue weighted by molar-refractivity contribution is -0.139. The van der Waals surface area contributed by atoms with Crippen LogP contribution in [0.1, 0.15) is 22.3 Å². The Balaban J connectivity index is 1.93. The Hall–Kier alpha value is -2.67. The first-order valence-corrected chi connectivity index (χ1v) is 12.2. The molecule has 0 aliphatic heterocycles. The lowest BCUT2D eigenvalue weighted by atomic mass is 9.95. The normalized spacial score (nSPS) is 11.8. The Morgan fingerprint density at radius 3 is 1.92 bits per heavy atom. The van der Waals surface area contributed by atoms with Crippen molar-refractivity contribution in [3.8, 4) is 5.75 Å². The molecule has 0 amide bonds. The van der Waals surface area contributed by atoms with E-state index in [1.807, 2.05) is 22.6 Å². The van der Waals surface area contributed by atoms with Gasteiger partial charge in [-0.25, -0.2) is 4.79 Å². The third kappa shape index (κ3) is 7.66. The minimum Gasteiger partial charge on any atom is -0.481 e. The molecule has 0 spiro atoms. The highest BCUT2D eigenvalue weighted by Gasteiger charge is 2.32. The molecule has 0 heterocycles. The summed E-state index contributed by atoms with van der Waals surface area (Å²) in [6, 6.07) is 13.9. The molecule has 0 aromatic heterocycles. The molecule has 0 unspecified atom stereocenters. The fraction of sp³-hybridized carbons (Fsp3) is 0.160. The molecule has 1 N–H and O–H groups in total. The van der Waals surface area contributed by atoms with E-state index < -0.39 is 36.1 Å². The second-order valence-corrected chi connectivity index (χ2v) is 9.62. The molecule has 3 nitrogen and oxygen atoms in total. The van der Waals surface area contributed by atoms with Crippen LogP contribution < -0.4 is 4.74 Å². The lowest BCUT2D eigenvalue weighted by Crippen LogP contribution is -2.10. The fourth-order valence-electron chi connectivity index (χ4n) is 3.18. The molecular formula is C25H17F6IO3S. The third-order valence-corrected chi connectivity index (χ3v) is 6.56. The minimum atomic E-state index is -4.61. The number of alkyl halides is 6. The first-order valence-electron chi connectivity index (χ1n) is 10.2. The molecule has 0 atom stereocenters. The number of benzene rings is 3. The maximum Gasteiger partial charge on any atom is 0.416 e. The number of carbonyl (C=O) groups is 1. The van der Waals surface area contributed by atoms with Gasteiger partial charge < -0.3 is 9.84 Å². The van der Waals surface area contributed by atoms with Crippen molar-refractivity contribution in [3.05, 3.63) is 98.6 Å². The Bertz CT molecular complexity index is 1210. The Labute approximate surface area is 220 Å². The molecular weight excluding hydrogens is 621 g/mol. The maximum absolute atomic E-state index is 13.3. The summed E-state index contributed by atoms with van der Waals surface area (Å²) in [6.07, 6.45) is -7.63. The van der Waals surface area contributed by atoms with Crippen molar-refractivity contribution < 1.29 is 41.0 Å². The van der Waals surface area contributed by atoms with Crippen LogP contribution in [0.2, 0.25) is 0 Å². The van der Waals surface area contributed by atoms with E-state index in [2.05, 4.69) is 0 Å². The molecule has 0 aliphatic carbocycles. The zero-order valence-electron chi connectivity index (χ0n) is 18.2. The molecule has 11 heteroatoms. The molecule has 0 radical (unpaired) electrons. The Morgan fingerprint density at radius 1 is 0.889 bits per heavy atom. The van der Waals surface area contributed by atoms with Crippen molar-refractivity contribution in [2.75, 3.05) is 12.4 Å². The molecule has 3 rings (SSSR count). The minimum absolute atomic E-state index is 0.136. The topological polar surface area (TPSA) is 46.5 Å². The first-order chi connectivity index (χ1) is 16.8. The monoisotopic (exact) mass is 638 g/mol. The average Bonchev–Trinajstić information content (AvgIpc) is 2.80. The third-order valence-electron chi connectivity index (χ3n) is 4.79. The van der Waals surface area contributed by atoms with Crippen LogP contribution in [0, 0.1) is 3.57 Å². The molecule has 36 heavy (non-hydrogen) atoms. The number of halogens is 7. The lowest BCUT2D eigenvalue weighted by Gasteiger charge is -2.14. The zero-order chi connectivity index (χ0) is 26.5. The van der Waals surface area contributed by atoms with Gasteiger partial charge in [0.2, 0.25) is 0 Å². The predicted octanol–water partition coefficient (Wildman–Crippen LogP) is 8.02. The van der Waals surface area contributed by atoms with E-state index >= 15 is 0 Å². The number of thioether (sulfide) groups is 1. The molecule has 0 saturated heterocycles. The highest BCUT2D eigenvalue weighted by atomic mass is 127. The van der Waals surface area contributed by atoms with Crippen LogP contribution in [0.3, 0.4) is 0 Å². The standard InChI is InChI=1S/C25H17F6IO3S/c26-24(27,28)17-5-1-3-15(11-17)20(16-4-2-6-18(12-16)25(29,30)31)9-10-36-19-7-8-22(21(32)13-19)35-14-23(33)34/h1-9,11-13H,10,14H2,(H,33,34). The molecule has 0 bridgehead atoms. The van der Waals surface area contributed by atoms with Crippen molar-refractivity contribution in [3.63, 3.8) is 0 Å². The highest BCUT2D eigenvalue weighted by Crippen LogP contribution is 2.36. The van der Waals surface area contributed by atoms with Gasteiger partial charge in [-0.3, -0.25) is 0 Å². The smallest absolute Gasteiger partial charge is 0.416 e. The van der Waals surface area contributed by atoms with Gasteiger partial charge in [-0.1, -0.05) is 30.3 Å². The van der Waals surface area contributed by atoms with E-state index in [1.165, 1.54) is 36.0 Å². The van der Waals surface area contributed by atoms with Crippen molar-refractivity contribution in [1.82, 2.24) is 0 Å². The SMILES string of the molecule is O=C(O)COc1ccc(SCC=C(c2cccc(C(F)(F)F)c2)c2cccc(C(F)(F)F)c2)cc1I. The van der Waals surface area contributed by atoms with Gasteiger partial charge in [-0.05, 0) is 81.8 Å². The summed E-state index contributed by atoms with van der Waals surface area (Å²) in [6.45, 7) is -0.497. The molecule has 0 aliphatic rings. The summed E-state index contributed by atoms with van der Waals surface area (Å²) in [5.74, 6) is -0.495. The van der Waals surface area contributed by atoms with Gasteiger partial charge in [0.15, 0.2) is 6.61 Å². The quantitative estimate of drug-likeness (QED) is 0.154. The van der Waals surface area contributed by atoms with Gasteiger partial charge in [-0.2, -0.15) is 26.3 Å². The van der Waals surface area contributed by atoms with Crippen molar-refractivity contribution in [1.29, 1.82) is 0 Å². The van der Waals surface area contributed by atoms with Gasteiger partial charge in [0.05, 0.1) is 14.7 Å². The van der Waals surface area contributed by atoms with Gasteiger partial charge in [0.1, 0.15) is 5.75 Å². The molecule has 3 aromatic carbocycles. The van der Waals surface area contributed by atoms with Crippen LogP contribution in [-0.4, -0.2) is 23.4 Å². The maximum atomic E-state index is 13.3. The highest BCUT2D eigenvalue weighted by molar-refractivity contribution is 14.1. The average molecular weight is 638 g/mol. The van der Waals surface area contributed by atoms with Gasteiger partial charge >= 0.3 is 18.3 Å². The largest absolute Gasteiger partial charge is 0.481 e. The number of carboxylic acids is 1. The summed E-state index contributed by atoms with van der Waals surface area (Å²) in [5, 5.41) is 8.74. The molecule has 0 saturated carbocycles. The summed E-state index contributed by atoms with van der Waals surface area (Å²) in [7, 11) is 0. The van der Waals surface area contributed by atoms with E-state index in [4.69, 9.17) is 9.84 Å².